The Morgan fingerprint density at radius 2 is 1.90 bits per heavy atom. The Morgan fingerprint density at radius 3 is 2.62 bits per heavy atom. The predicted octanol–water partition coefficient (Wildman–Crippen LogP) is 1.19. The summed E-state index contributed by atoms with van der Waals surface area (Å²) in [6.45, 7) is 2.47. The molecule has 3 heterocycles. The number of amides is 1. The number of piperidine rings is 1. The lowest BCUT2D eigenvalue weighted by Gasteiger charge is -2.33. The lowest BCUT2D eigenvalue weighted by Crippen LogP contribution is -3.10. The van der Waals surface area contributed by atoms with E-state index in [1.807, 2.05) is 49.5 Å². The molecule has 0 aliphatic carbocycles. The molecule has 0 saturated carbocycles. The van der Waals surface area contributed by atoms with Crippen molar-refractivity contribution in [2.24, 2.45) is 0 Å². The zero-order valence-corrected chi connectivity index (χ0v) is 17.0. The van der Waals surface area contributed by atoms with Gasteiger partial charge in [-0.05, 0) is 23.8 Å². The van der Waals surface area contributed by atoms with Gasteiger partial charge in [0.25, 0.3) is 11.5 Å². The number of pyridine rings is 2. The number of hydrogen-bond acceptors (Lipinski definition) is 3. The van der Waals surface area contributed by atoms with Crippen LogP contribution < -0.4 is 10.5 Å². The van der Waals surface area contributed by atoms with Gasteiger partial charge in [-0.2, -0.15) is 0 Å². The van der Waals surface area contributed by atoms with Crippen molar-refractivity contribution in [1.82, 2.24) is 14.5 Å². The highest BCUT2D eigenvalue weighted by Crippen LogP contribution is 2.16. The second kappa shape index (κ2) is 8.17. The van der Waals surface area contributed by atoms with Crippen LogP contribution in [0.1, 0.15) is 28.8 Å². The SMILES string of the molecule is CN(C(=O)c1cc2cccnc2n(Cc2ccccc2)c1=O)C1CC[NH+](C)CC1. The van der Waals surface area contributed by atoms with Crippen LogP contribution in [0.15, 0.2) is 59.5 Å². The molecule has 1 aliphatic heterocycles. The average Bonchev–Trinajstić information content (AvgIpc) is 2.76. The third-order valence-electron chi connectivity index (χ3n) is 5.94. The molecule has 1 saturated heterocycles. The van der Waals surface area contributed by atoms with Gasteiger partial charge in [0, 0.05) is 37.5 Å². The number of aromatic nitrogens is 2. The van der Waals surface area contributed by atoms with E-state index < -0.39 is 0 Å². The highest BCUT2D eigenvalue weighted by Gasteiger charge is 2.28. The van der Waals surface area contributed by atoms with Crippen LogP contribution in [0.25, 0.3) is 11.0 Å². The number of fused-ring (bicyclic) bond motifs is 1. The predicted molar refractivity (Wildman–Crippen MR) is 113 cm³/mol. The molecule has 1 amide bonds. The first-order chi connectivity index (χ1) is 14.0. The first-order valence-corrected chi connectivity index (χ1v) is 10.2. The first kappa shape index (κ1) is 19.3. The van der Waals surface area contributed by atoms with Gasteiger partial charge < -0.3 is 9.80 Å². The van der Waals surface area contributed by atoms with Gasteiger partial charge in [0.1, 0.15) is 11.2 Å². The molecule has 0 atom stereocenters. The fourth-order valence-corrected chi connectivity index (χ4v) is 4.11. The summed E-state index contributed by atoms with van der Waals surface area (Å²) in [7, 11) is 4.00. The first-order valence-electron chi connectivity index (χ1n) is 10.2. The van der Waals surface area contributed by atoms with E-state index in [0.29, 0.717) is 12.2 Å². The maximum absolute atomic E-state index is 13.3. The Bertz CT molecular complexity index is 1070. The van der Waals surface area contributed by atoms with Crippen molar-refractivity contribution in [2.45, 2.75) is 25.4 Å². The summed E-state index contributed by atoms with van der Waals surface area (Å²) in [6.07, 6.45) is 3.60. The van der Waals surface area contributed by atoms with Gasteiger partial charge in [-0.1, -0.05) is 30.3 Å². The number of benzene rings is 1. The summed E-state index contributed by atoms with van der Waals surface area (Å²) >= 11 is 0. The van der Waals surface area contributed by atoms with E-state index in [1.165, 1.54) is 4.90 Å². The summed E-state index contributed by atoms with van der Waals surface area (Å²) in [5.74, 6) is -0.202. The molecule has 1 fully saturated rings. The molecule has 0 radical (unpaired) electrons. The minimum absolute atomic E-state index is 0.178. The largest absolute Gasteiger partial charge is 0.338 e. The number of carbonyl (C=O) groups is 1. The number of nitrogens with one attached hydrogen (secondary N) is 1. The third kappa shape index (κ3) is 3.93. The molecular formula is C23H27N4O2+. The van der Waals surface area contributed by atoms with Crippen LogP contribution in [0.3, 0.4) is 0 Å². The van der Waals surface area contributed by atoms with Gasteiger partial charge in [-0.25, -0.2) is 4.98 Å². The van der Waals surface area contributed by atoms with Crippen LogP contribution in [-0.2, 0) is 6.54 Å². The van der Waals surface area contributed by atoms with Gasteiger partial charge in [0.2, 0.25) is 0 Å². The van der Waals surface area contributed by atoms with Gasteiger partial charge >= 0.3 is 0 Å². The minimum Gasteiger partial charge on any atom is -0.338 e. The molecule has 3 aromatic rings. The van der Waals surface area contributed by atoms with E-state index in [0.717, 1.165) is 36.9 Å². The topological polar surface area (TPSA) is 59.6 Å². The molecule has 1 N–H and O–H groups in total. The summed E-state index contributed by atoms with van der Waals surface area (Å²) in [5.41, 5.74) is 1.53. The second-order valence-corrected chi connectivity index (χ2v) is 7.96. The molecule has 6 heteroatoms. The maximum atomic E-state index is 13.3. The van der Waals surface area contributed by atoms with Crippen molar-refractivity contribution in [2.75, 3.05) is 27.2 Å². The van der Waals surface area contributed by atoms with Gasteiger partial charge in [-0.15, -0.1) is 0 Å². The number of nitrogens with zero attached hydrogens (tertiary/aromatic N) is 3. The molecule has 150 valence electrons. The molecular weight excluding hydrogens is 364 g/mol. The van der Waals surface area contributed by atoms with Gasteiger partial charge in [0.05, 0.1) is 26.7 Å². The Balaban J connectivity index is 1.74. The van der Waals surface area contributed by atoms with Gasteiger partial charge in [0.15, 0.2) is 0 Å². The summed E-state index contributed by atoms with van der Waals surface area (Å²) in [5, 5.41) is 0.799. The Labute approximate surface area is 170 Å². The fourth-order valence-electron chi connectivity index (χ4n) is 4.11. The van der Waals surface area contributed by atoms with Crippen LogP contribution >= 0.6 is 0 Å². The second-order valence-electron chi connectivity index (χ2n) is 7.96. The number of rotatable bonds is 4. The van der Waals surface area contributed by atoms with E-state index in [-0.39, 0.29) is 23.1 Å². The molecule has 29 heavy (non-hydrogen) atoms. The number of likely N-dealkylation sites (tertiary alicyclic amines) is 1. The molecule has 0 unspecified atom stereocenters. The van der Waals surface area contributed by atoms with E-state index >= 15 is 0 Å². The van der Waals surface area contributed by atoms with Gasteiger partial charge in [-0.3, -0.25) is 14.2 Å². The van der Waals surface area contributed by atoms with Crippen molar-refractivity contribution >= 4 is 16.9 Å². The minimum atomic E-state index is -0.282. The zero-order chi connectivity index (χ0) is 20.4. The smallest absolute Gasteiger partial charge is 0.265 e. The monoisotopic (exact) mass is 391 g/mol. The van der Waals surface area contributed by atoms with Crippen molar-refractivity contribution in [3.05, 3.63) is 76.2 Å². The standard InChI is InChI=1S/C23H26N4O2/c1-25-13-10-19(11-14-25)26(2)22(28)20-15-18-9-6-12-24-21(18)27(23(20)29)16-17-7-4-3-5-8-17/h3-9,12,15,19H,10-11,13-14,16H2,1-2H3/p+1. The summed E-state index contributed by atoms with van der Waals surface area (Å²) in [6, 6.07) is 15.4. The maximum Gasteiger partial charge on any atom is 0.265 e. The normalized spacial score (nSPS) is 19.2. The molecule has 6 nitrogen and oxygen atoms in total. The van der Waals surface area contributed by atoms with Crippen LogP contribution in [0.5, 0.6) is 0 Å². The molecule has 1 aromatic carbocycles. The highest BCUT2D eigenvalue weighted by molar-refractivity contribution is 5.97. The molecule has 2 aromatic heterocycles. The Hall–Kier alpha value is -2.99. The van der Waals surface area contributed by atoms with E-state index in [2.05, 4.69) is 12.0 Å². The molecule has 4 rings (SSSR count). The van der Waals surface area contributed by atoms with Crippen LogP contribution in [0, 0.1) is 0 Å². The van der Waals surface area contributed by atoms with E-state index in [9.17, 15) is 9.59 Å². The summed E-state index contributed by atoms with van der Waals surface area (Å²) in [4.78, 5) is 34.3. The zero-order valence-electron chi connectivity index (χ0n) is 17.0. The van der Waals surface area contributed by atoms with E-state index in [1.54, 1.807) is 21.7 Å². The average molecular weight is 391 g/mol. The van der Waals surface area contributed by atoms with Crippen LogP contribution in [-0.4, -0.2) is 53.6 Å². The Morgan fingerprint density at radius 1 is 1.17 bits per heavy atom. The molecule has 0 spiro atoms. The lowest BCUT2D eigenvalue weighted by molar-refractivity contribution is -0.885. The fraction of sp³-hybridized carbons (Fsp3) is 0.348. The number of carbonyl (C=O) groups excluding carboxylic acids is 1. The van der Waals surface area contributed by atoms with Crippen molar-refractivity contribution in [3.8, 4) is 0 Å². The number of quaternary nitrogens is 1. The quantitative estimate of drug-likeness (QED) is 0.727. The molecule has 1 aliphatic rings. The highest BCUT2D eigenvalue weighted by atomic mass is 16.2. The lowest BCUT2D eigenvalue weighted by atomic mass is 10.0. The number of hydrogen-bond donors (Lipinski definition) is 1. The molecule has 0 bridgehead atoms. The van der Waals surface area contributed by atoms with Crippen molar-refractivity contribution < 1.29 is 9.69 Å². The Kier molecular flexibility index (Phi) is 5.45. The van der Waals surface area contributed by atoms with E-state index in [4.69, 9.17) is 0 Å². The van der Waals surface area contributed by atoms with Crippen molar-refractivity contribution in [3.63, 3.8) is 0 Å². The third-order valence-corrected chi connectivity index (χ3v) is 5.94. The summed E-state index contributed by atoms with van der Waals surface area (Å²) < 4.78 is 1.62. The van der Waals surface area contributed by atoms with Crippen LogP contribution in [0.4, 0.5) is 0 Å². The van der Waals surface area contributed by atoms with Crippen LogP contribution in [0.2, 0.25) is 0 Å². The van der Waals surface area contributed by atoms with Crippen molar-refractivity contribution in [1.29, 1.82) is 0 Å².